The number of carboxylic acids is 2. The van der Waals surface area contributed by atoms with E-state index in [1.165, 1.54) is 11.8 Å². The summed E-state index contributed by atoms with van der Waals surface area (Å²) in [6.45, 7) is 20.3. The predicted molar refractivity (Wildman–Crippen MR) is 328 cm³/mol. The van der Waals surface area contributed by atoms with E-state index in [2.05, 4.69) is 51.0 Å². The second kappa shape index (κ2) is 29.9. The number of likely N-dealkylation sites (N-methyl/N-ethyl adjacent to an activating group) is 2. The van der Waals surface area contributed by atoms with Crippen LogP contribution in [0.4, 0.5) is 21.9 Å². The van der Waals surface area contributed by atoms with Crippen LogP contribution >= 0.6 is 0 Å². The molecular weight excluding hydrogens is 1080 g/mol. The summed E-state index contributed by atoms with van der Waals surface area (Å²) in [7, 11) is 3.25. The Morgan fingerprint density at radius 3 is 1.98 bits per heavy atom. The minimum atomic E-state index is -1.31. The number of hydrogen-bond donors (Lipinski definition) is 8. The van der Waals surface area contributed by atoms with E-state index in [9.17, 15) is 53.4 Å². The van der Waals surface area contributed by atoms with Crippen molar-refractivity contribution < 1.29 is 58.1 Å². The van der Waals surface area contributed by atoms with Gasteiger partial charge in [0.2, 0.25) is 35.4 Å². The van der Waals surface area contributed by atoms with Crippen LogP contribution < -0.4 is 36.8 Å². The number of benzene rings is 3. The fourth-order valence-corrected chi connectivity index (χ4v) is 10.3. The lowest BCUT2D eigenvalue weighted by molar-refractivity contribution is -0.141. The number of hydrogen-bond acceptors (Lipinski definition) is 11. The Morgan fingerprint density at radius 1 is 0.741 bits per heavy atom. The third-order valence-electron chi connectivity index (χ3n) is 15.5. The first-order valence-corrected chi connectivity index (χ1v) is 28.8. The average molecular weight is 1170 g/mol. The molecule has 458 valence electrons. The molecule has 0 bridgehead atoms. The quantitative estimate of drug-likeness (QED) is 0.0370. The van der Waals surface area contributed by atoms with Crippen molar-refractivity contribution in [2.24, 2.45) is 23.2 Å². The number of allylic oxidation sites excluding steroid dienone is 3. The second-order valence-electron chi connectivity index (χ2n) is 24.2. The fraction of sp³-hybridized carbons (Fsp3) is 0.462. The Hall–Kier alpha value is -8.39. The molecule has 0 spiro atoms. The Morgan fingerprint density at radius 2 is 1.38 bits per heavy atom. The van der Waals surface area contributed by atoms with Crippen molar-refractivity contribution in [1.29, 1.82) is 0 Å². The molecule has 85 heavy (non-hydrogen) atoms. The predicted octanol–water partition coefficient (Wildman–Crippen LogP) is 8.51. The van der Waals surface area contributed by atoms with Crippen molar-refractivity contribution in [3.63, 3.8) is 0 Å². The van der Waals surface area contributed by atoms with Crippen LogP contribution in [0.25, 0.3) is 6.08 Å². The summed E-state index contributed by atoms with van der Waals surface area (Å²) in [5, 5.41) is 35.9. The minimum Gasteiger partial charge on any atom is -0.481 e. The number of carboxylic acid groups (broad SMARTS) is 2. The van der Waals surface area contributed by atoms with Gasteiger partial charge in [-0.3, -0.25) is 38.9 Å². The van der Waals surface area contributed by atoms with Crippen LogP contribution in [-0.2, 0) is 55.1 Å². The van der Waals surface area contributed by atoms with Gasteiger partial charge in [0.25, 0.3) is 0 Å². The molecule has 5 rings (SSSR count). The Kier molecular flexibility index (Phi) is 23.7. The topological polar surface area (TPSA) is 282 Å². The smallest absolute Gasteiger partial charge is 0.411 e. The van der Waals surface area contributed by atoms with Crippen LogP contribution in [-0.4, -0.2) is 119 Å². The molecule has 2 aliphatic rings. The lowest BCUT2D eigenvalue weighted by atomic mass is 9.76. The Labute approximate surface area is 499 Å². The summed E-state index contributed by atoms with van der Waals surface area (Å²) >= 11 is 0. The lowest BCUT2D eigenvalue weighted by Crippen LogP contribution is -2.61. The van der Waals surface area contributed by atoms with E-state index in [1.54, 1.807) is 87.4 Å². The lowest BCUT2D eigenvalue weighted by Gasteiger charge is -2.40. The zero-order valence-corrected chi connectivity index (χ0v) is 51.3. The number of aliphatic carboxylic acids is 2. The highest BCUT2D eigenvalue weighted by Crippen LogP contribution is 2.34. The SMILES string of the molecule is CNC(C(=O)N[C@H](C(=O)N(C)[C@H](/C=C(\C)C(=O)O)C(C)C)C(C)(C)C)C(C)(C)c1ccc(NC(=O)OCc2ccc(NC(=O)[C@H](CCC(=O)O)NC(=O)C(NC(=O)CCC(=O)N3CC4=C(C=Cc5ccccc53)C(C)CC=C4)C(C)C)cc2)cc1. The molecule has 7 amide bonds. The standard InChI is InChI=1S/C65H86N8O12/c1-38(2)51(35-41(6)62(82)83)72(13)61(81)57(64(7,8)9)71-60(80)56(66-12)65(10,11)45-24-28-47(29-25-45)68-63(84)85-37-42-21-26-46(27-22-42)67-58(78)49(31-34-54(76)77)69-59(79)55(39(3)4)70-52(74)32-33-53(75)73-36-44-19-16-17-40(5)48(44)30-23-43-18-14-15-20-50(43)73/h14-16,18-30,35,38-40,49,51,55-57,66H,17,31-34,36-37H2,1-13H3,(H,67,78)(H,68,84)(H,69,79)(H,70,74)(H,71,80)(H,76,77)(H,82,83)/b30-23?,41-35+/t40?,49-,51+,55?,56?,57+/m0/s1. The number of fused-ring (bicyclic) bond motifs is 1. The second-order valence-corrected chi connectivity index (χ2v) is 24.2. The molecule has 1 heterocycles. The first-order chi connectivity index (χ1) is 39.9. The van der Waals surface area contributed by atoms with E-state index in [0.29, 0.717) is 23.5 Å². The number of carbonyl (C=O) groups excluding carboxylic acids is 7. The number of nitrogens with zero attached hydrogens (tertiary/aromatic N) is 2. The van der Waals surface area contributed by atoms with Gasteiger partial charge >= 0.3 is 18.0 Å². The molecule has 0 radical (unpaired) electrons. The maximum atomic E-state index is 14.1. The molecule has 3 aromatic rings. The molecule has 0 saturated carbocycles. The molecule has 1 aliphatic heterocycles. The number of rotatable bonds is 25. The summed E-state index contributed by atoms with van der Waals surface area (Å²) in [4.78, 5) is 123. The Bertz CT molecular complexity index is 3060. The van der Waals surface area contributed by atoms with Gasteiger partial charge in [-0.1, -0.05) is 142 Å². The summed E-state index contributed by atoms with van der Waals surface area (Å²) in [5.74, 6) is -5.58. The highest BCUT2D eigenvalue weighted by atomic mass is 16.5. The molecule has 0 aromatic heterocycles. The maximum absolute atomic E-state index is 14.1. The van der Waals surface area contributed by atoms with Gasteiger partial charge < -0.3 is 51.3 Å². The molecule has 1 aliphatic carbocycles. The van der Waals surface area contributed by atoms with E-state index in [4.69, 9.17) is 4.74 Å². The van der Waals surface area contributed by atoms with Crippen molar-refractivity contribution >= 4 is 76.6 Å². The van der Waals surface area contributed by atoms with Gasteiger partial charge in [0.05, 0.1) is 24.3 Å². The number of nitrogens with one attached hydrogen (secondary N) is 6. The highest BCUT2D eigenvalue weighted by Gasteiger charge is 2.42. The largest absolute Gasteiger partial charge is 0.481 e. The third kappa shape index (κ3) is 18.6. The van der Waals surface area contributed by atoms with Crippen LogP contribution in [0.2, 0.25) is 0 Å². The van der Waals surface area contributed by atoms with Crippen LogP contribution in [0.1, 0.15) is 125 Å². The van der Waals surface area contributed by atoms with Gasteiger partial charge in [0.15, 0.2) is 0 Å². The number of anilines is 3. The van der Waals surface area contributed by atoms with Gasteiger partial charge in [0, 0.05) is 48.7 Å². The summed E-state index contributed by atoms with van der Waals surface area (Å²) in [6, 6.07) is 16.0. The number of carbonyl (C=O) groups is 9. The van der Waals surface area contributed by atoms with Gasteiger partial charge in [-0.05, 0) is 108 Å². The van der Waals surface area contributed by atoms with Gasteiger partial charge in [-0.2, -0.15) is 0 Å². The molecule has 3 unspecified atom stereocenters. The molecule has 8 N–H and O–H groups in total. The number of ether oxygens (including phenoxy) is 1. The van der Waals surface area contributed by atoms with Crippen LogP contribution in [0, 0.1) is 23.2 Å². The third-order valence-corrected chi connectivity index (χ3v) is 15.5. The molecular formula is C65H86N8O12. The van der Waals surface area contributed by atoms with E-state index < -0.39 is 95.0 Å². The van der Waals surface area contributed by atoms with Gasteiger partial charge in [-0.15, -0.1) is 0 Å². The molecule has 20 nitrogen and oxygen atoms in total. The van der Waals surface area contributed by atoms with E-state index in [-0.39, 0.29) is 55.1 Å². The highest BCUT2D eigenvalue weighted by molar-refractivity contribution is 6.00. The van der Waals surface area contributed by atoms with Crippen molar-refractivity contribution in [2.45, 2.75) is 150 Å². The number of amides is 7. The van der Waals surface area contributed by atoms with Crippen molar-refractivity contribution in [1.82, 2.24) is 26.2 Å². The Balaban J connectivity index is 1.14. The summed E-state index contributed by atoms with van der Waals surface area (Å²) in [5.41, 5.74) is 4.35. The molecule has 20 heteroatoms. The molecule has 3 aromatic carbocycles. The minimum absolute atomic E-state index is 0.105. The van der Waals surface area contributed by atoms with E-state index in [0.717, 1.165) is 34.4 Å². The molecule has 6 atom stereocenters. The van der Waals surface area contributed by atoms with Crippen LogP contribution in [0.3, 0.4) is 0 Å². The first kappa shape index (κ1) is 67.4. The molecule has 0 saturated heterocycles. The number of para-hydroxylation sites is 1. The average Bonchev–Trinajstić information content (AvgIpc) is 3.53. The van der Waals surface area contributed by atoms with Gasteiger partial charge in [-0.25, -0.2) is 9.59 Å². The summed E-state index contributed by atoms with van der Waals surface area (Å²) < 4.78 is 5.48. The zero-order chi connectivity index (χ0) is 63.1. The van der Waals surface area contributed by atoms with Crippen LogP contribution in [0.15, 0.2) is 114 Å². The summed E-state index contributed by atoms with van der Waals surface area (Å²) in [6.07, 6.45) is 8.90. The first-order valence-electron chi connectivity index (χ1n) is 28.8. The zero-order valence-electron chi connectivity index (χ0n) is 51.3. The fourth-order valence-electron chi connectivity index (χ4n) is 10.3. The monoisotopic (exact) mass is 1170 g/mol. The van der Waals surface area contributed by atoms with E-state index >= 15 is 0 Å². The van der Waals surface area contributed by atoms with Gasteiger partial charge in [0.1, 0.15) is 24.7 Å². The normalized spacial score (nSPS) is 16.1. The molecule has 0 fully saturated rings. The van der Waals surface area contributed by atoms with Crippen molar-refractivity contribution in [3.05, 3.63) is 131 Å². The maximum Gasteiger partial charge on any atom is 0.411 e. The van der Waals surface area contributed by atoms with Crippen molar-refractivity contribution in [3.8, 4) is 0 Å². The van der Waals surface area contributed by atoms with Crippen LogP contribution in [0.5, 0.6) is 0 Å². The van der Waals surface area contributed by atoms with Crippen molar-refractivity contribution in [2.75, 3.05) is 36.2 Å². The van der Waals surface area contributed by atoms with E-state index in [1.807, 2.05) is 84.9 Å².